The summed E-state index contributed by atoms with van der Waals surface area (Å²) in [7, 11) is 1.15. The van der Waals surface area contributed by atoms with Crippen LogP contribution in [-0.2, 0) is 19.1 Å². The fourth-order valence-corrected chi connectivity index (χ4v) is 0.928. The normalized spacial score (nSPS) is 14.1. The summed E-state index contributed by atoms with van der Waals surface area (Å²) in [4.78, 5) is 21.2. The maximum atomic E-state index is 12.5. The maximum Gasteiger partial charge on any atom is 0.308 e. The number of aliphatic hydroxyl groups is 1. The molecule has 0 aromatic heterocycles. The fraction of sp³-hybridized carbons (Fsp3) is 0.778. The predicted octanol–water partition coefficient (Wildman–Crippen LogP) is 0.203. The standard InChI is InChI=1S/C9H15FO5/c1-7(11)15-4-3-9(13,6-10)5-8(12)14-2/h13H,3-6H2,1-2H3. The first-order chi connectivity index (χ1) is 6.93. The number of carbonyl (C=O) groups is 2. The highest BCUT2D eigenvalue weighted by Gasteiger charge is 2.30. The number of ether oxygens (including phenoxy) is 2. The van der Waals surface area contributed by atoms with E-state index in [1.807, 2.05) is 0 Å². The number of hydrogen-bond acceptors (Lipinski definition) is 5. The van der Waals surface area contributed by atoms with E-state index in [0.29, 0.717) is 0 Å². The summed E-state index contributed by atoms with van der Waals surface area (Å²) in [6, 6.07) is 0. The second-order valence-electron chi connectivity index (χ2n) is 3.20. The van der Waals surface area contributed by atoms with Crippen LogP contribution in [0.25, 0.3) is 0 Å². The summed E-state index contributed by atoms with van der Waals surface area (Å²) in [5.74, 6) is -1.23. The zero-order valence-corrected chi connectivity index (χ0v) is 8.79. The third kappa shape index (κ3) is 6.01. The van der Waals surface area contributed by atoms with E-state index >= 15 is 0 Å². The molecule has 5 nitrogen and oxygen atoms in total. The van der Waals surface area contributed by atoms with Crippen molar-refractivity contribution in [2.24, 2.45) is 0 Å². The first-order valence-electron chi connectivity index (χ1n) is 4.42. The number of halogens is 1. The SMILES string of the molecule is COC(=O)CC(O)(CF)CCOC(C)=O. The molecule has 0 amide bonds. The molecule has 0 heterocycles. The Hall–Kier alpha value is -1.17. The summed E-state index contributed by atoms with van der Waals surface area (Å²) < 4.78 is 21.3. The zero-order valence-electron chi connectivity index (χ0n) is 8.79. The Morgan fingerprint density at radius 2 is 2.07 bits per heavy atom. The molecule has 88 valence electrons. The first-order valence-corrected chi connectivity index (χ1v) is 4.42. The molecule has 1 unspecified atom stereocenters. The molecule has 0 aliphatic rings. The number of carbonyl (C=O) groups excluding carboxylic acids is 2. The van der Waals surface area contributed by atoms with E-state index in [9.17, 15) is 19.1 Å². The Kier molecular flexibility index (Phi) is 5.84. The van der Waals surface area contributed by atoms with Crippen molar-refractivity contribution in [3.8, 4) is 0 Å². The smallest absolute Gasteiger partial charge is 0.308 e. The average molecular weight is 222 g/mol. The van der Waals surface area contributed by atoms with Crippen LogP contribution in [0.5, 0.6) is 0 Å². The Balaban J connectivity index is 4.06. The maximum absolute atomic E-state index is 12.5. The topological polar surface area (TPSA) is 72.8 Å². The summed E-state index contributed by atoms with van der Waals surface area (Å²) in [6.45, 7) is -0.0229. The average Bonchev–Trinajstić information content (AvgIpc) is 2.17. The van der Waals surface area contributed by atoms with Gasteiger partial charge in [0.25, 0.3) is 0 Å². The van der Waals surface area contributed by atoms with Crippen LogP contribution < -0.4 is 0 Å². The summed E-state index contributed by atoms with van der Waals surface area (Å²) in [6.07, 6.45) is -0.598. The highest BCUT2D eigenvalue weighted by Crippen LogP contribution is 2.17. The number of methoxy groups -OCH3 is 1. The van der Waals surface area contributed by atoms with E-state index in [4.69, 9.17) is 0 Å². The second-order valence-corrected chi connectivity index (χ2v) is 3.20. The van der Waals surface area contributed by atoms with Crippen molar-refractivity contribution in [2.45, 2.75) is 25.4 Å². The Bertz CT molecular complexity index is 231. The molecule has 15 heavy (non-hydrogen) atoms. The summed E-state index contributed by atoms with van der Waals surface area (Å²) in [5, 5.41) is 9.57. The zero-order chi connectivity index (χ0) is 11.9. The monoisotopic (exact) mass is 222 g/mol. The molecule has 0 saturated carbocycles. The lowest BCUT2D eigenvalue weighted by Crippen LogP contribution is -2.36. The van der Waals surface area contributed by atoms with Crippen LogP contribution in [-0.4, -0.2) is 43.0 Å². The number of hydrogen-bond donors (Lipinski definition) is 1. The lowest BCUT2D eigenvalue weighted by atomic mass is 9.98. The van der Waals surface area contributed by atoms with Crippen molar-refractivity contribution >= 4 is 11.9 Å². The van der Waals surface area contributed by atoms with E-state index in [0.717, 1.165) is 7.11 Å². The van der Waals surface area contributed by atoms with Gasteiger partial charge in [-0.1, -0.05) is 0 Å². The van der Waals surface area contributed by atoms with E-state index in [-0.39, 0.29) is 13.0 Å². The summed E-state index contributed by atoms with van der Waals surface area (Å²) in [5.41, 5.74) is -1.82. The molecule has 0 fully saturated rings. The molecular weight excluding hydrogens is 207 g/mol. The van der Waals surface area contributed by atoms with Crippen molar-refractivity contribution in [3.05, 3.63) is 0 Å². The van der Waals surface area contributed by atoms with E-state index in [1.54, 1.807) is 0 Å². The number of alkyl halides is 1. The lowest BCUT2D eigenvalue weighted by Gasteiger charge is -2.22. The molecule has 0 saturated heterocycles. The van der Waals surface area contributed by atoms with Crippen molar-refractivity contribution in [2.75, 3.05) is 20.4 Å². The van der Waals surface area contributed by atoms with Gasteiger partial charge >= 0.3 is 11.9 Å². The van der Waals surface area contributed by atoms with Crippen LogP contribution in [0, 0.1) is 0 Å². The molecule has 0 bridgehead atoms. The van der Waals surface area contributed by atoms with Gasteiger partial charge in [0.05, 0.1) is 20.1 Å². The van der Waals surface area contributed by atoms with Crippen molar-refractivity contribution < 1.29 is 28.6 Å². The van der Waals surface area contributed by atoms with Gasteiger partial charge in [0, 0.05) is 13.3 Å². The minimum Gasteiger partial charge on any atom is -0.469 e. The molecule has 1 atom stereocenters. The van der Waals surface area contributed by atoms with Crippen LogP contribution in [0.15, 0.2) is 0 Å². The first kappa shape index (κ1) is 13.8. The molecule has 6 heteroatoms. The molecular formula is C9H15FO5. The Morgan fingerprint density at radius 1 is 1.47 bits per heavy atom. The van der Waals surface area contributed by atoms with Crippen LogP contribution in [0.3, 0.4) is 0 Å². The highest BCUT2D eigenvalue weighted by molar-refractivity contribution is 5.70. The van der Waals surface area contributed by atoms with Gasteiger partial charge in [-0.3, -0.25) is 9.59 Å². The molecule has 0 aliphatic heterocycles. The van der Waals surface area contributed by atoms with Gasteiger partial charge in [-0.15, -0.1) is 0 Å². The summed E-state index contributed by atoms with van der Waals surface area (Å²) >= 11 is 0. The van der Waals surface area contributed by atoms with Gasteiger partial charge in [0.15, 0.2) is 0 Å². The third-order valence-electron chi connectivity index (χ3n) is 1.82. The van der Waals surface area contributed by atoms with Gasteiger partial charge in [0.2, 0.25) is 0 Å². The van der Waals surface area contributed by atoms with Gasteiger partial charge in [-0.2, -0.15) is 0 Å². The van der Waals surface area contributed by atoms with Crippen molar-refractivity contribution in [1.82, 2.24) is 0 Å². The van der Waals surface area contributed by atoms with Crippen molar-refractivity contribution in [1.29, 1.82) is 0 Å². The minimum atomic E-state index is -1.82. The van der Waals surface area contributed by atoms with Gasteiger partial charge in [0.1, 0.15) is 12.3 Å². The Morgan fingerprint density at radius 3 is 2.47 bits per heavy atom. The van der Waals surface area contributed by atoms with E-state index in [2.05, 4.69) is 9.47 Å². The van der Waals surface area contributed by atoms with Crippen LogP contribution >= 0.6 is 0 Å². The van der Waals surface area contributed by atoms with E-state index < -0.39 is 30.6 Å². The minimum absolute atomic E-state index is 0.132. The van der Waals surface area contributed by atoms with Gasteiger partial charge in [-0.05, 0) is 0 Å². The third-order valence-corrected chi connectivity index (χ3v) is 1.82. The molecule has 0 spiro atoms. The van der Waals surface area contributed by atoms with Gasteiger partial charge < -0.3 is 14.6 Å². The van der Waals surface area contributed by atoms with Crippen LogP contribution in [0.2, 0.25) is 0 Å². The van der Waals surface area contributed by atoms with E-state index in [1.165, 1.54) is 6.92 Å². The molecule has 0 aromatic carbocycles. The number of esters is 2. The molecule has 0 rings (SSSR count). The Labute approximate surface area is 87.2 Å². The fourth-order valence-electron chi connectivity index (χ4n) is 0.928. The molecule has 0 aliphatic carbocycles. The van der Waals surface area contributed by atoms with Crippen LogP contribution in [0.1, 0.15) is 19.8 Å². The largest absolute Gasteiger partial charge is 0.469 e. The molecule has 1 N–H and O–H groups in total. The van der Waals surface area contributed by atoms with Gasteiger partial charge in [-0.25, -0.2) is 4.39 Å². The second kappa shape index (κ2) is 6.34. The number of rotatable bonds is 6. The quantitative estimate of drug-likeness (QED) is 0.650. The van der Waals surface area contributed by atoms with Crippen LogP contribution in [0.4, 0.5) is 4.39 Å². The molecule has 0 radical (unpaired) electrons. The predicted molar refractivity (Wildman–Crippen MR) is 48.8 cm³/mol. The highest BCUT2D eigenvalue weighted by atomic mass is 19.1. The van der Waals surface area contributed by atoms with Crippen molar-refractivity contribution in [3.63, 3.8) is 0 Å². The molecule has 0 aromatic rings. The lowest BCUT2D eigenvalue weighted by molar-refractivity contribution is -0.149.